The van der Waals surface area contributed by atoms with Crippen LogP contribution in [-0.2, 0) is 23.9 Å². The van der Waals surface area contributed by atoms with Crippen molar-refractivity contribution in [3.05, 3.63) is 25.3 Å². The Morgan fingerprint density at radius 2 is 1.97 bits per heavy atom. The molecule has 4 rings (SSSR count). The van der Waals surface area contributed by atoms with Gasteiger partial charge in [0.1, 0.15) is 6.04 Å². The van der Waals surface area contributed by atoms with Crippen molar-refractivity contribution in [3.63, 3.8) is 0 Å². The van der Waals surface area contributed by atoms with Gasteiger partial charge >= 0.3 is 5.97 Å². The molecule has 4 fully saturated rings. The highest BCUT2D eigenvalue weighted by molar-refractivity contribution is 8.02. The first kappa shape index (κ1) is 29.1. The number of rotatable bonds is 15. The number of hydrogen-bond acceptors (Lipinski definition) is 8. The maximum absolute atomic E-state index is 14.3. The van der Waals surface area contributed by atoms with E-state index in [-0.39, 0.29) is 36.2 Å². The fourth-order valence-electron chi connectivity index (χ4n) is 6.56. The van der Waals surface area contributed by atoms with Gasteiger partial charge in [-0.1, -0.05) is 12.2 Å². The zero-order chi connectivity index (χ0) is 27.1. The first-order chi connectivity index (χ1) is 18.5. The number of morpholine rings is 1. The minimum absolute atomic E-state index is 0.00627. The number of thioether (sulfide) groups is 1. The maximum Gasteiger partial charge on any atom is 0.310 e. The number of carbonyl (C=O) groups is 3. The van der Waals surface area contributed by atoms with Crippen molar-refractivity contribution in [1.82, 2.24) is 14.7 Å². The Balaban J connectivity index is 1.57. The molecule has 0 aromatic heterocycles. The molecule has 4 saturated heterocycles. The van der Waals surface area contributed by atoms with Crippen LogP contribution in [0.5, 0.6) is 0 Å². The van der Waals surface area contributed by atoms with Gasteiger partial charge in [0.25, 0.3) is 0 Å². The van der Waals surface area contributed by atoms with Crippen LogP contribution in [-0.4, -0.2) is 119 Å². The zero-order valence-electron chi connectivity index (χ0n) is 22.4. The highest BCUT2D eigenvalue weighted by Crippen LogP contribution is 2.66. The van der Waals surface area contributed by atoms with E-state index in [0.29, 0.717) is 52.1 Å². The monoisotopic (exact) mass is 549 g/mol. The van der Waals surface area contributed by atoms with E-state index in [1.165, 1.54) is 0 Å². The topological polar surface area (TPSA) is 99.6 Å². The van der Waals surface area contributed by atoms with E-state index in [1.807, 2.05) is 4.90 Å². The fraction of sp³-hybridized carbons (Fsp3) is 0.750. The molecule has 0 saturated carbocycles. The van der Waals surface area contributed by atoms with Crippen molar-refractivity contribution in [2.45, 2.75) is 54.6 Å². The van der Waals surface area contributed by atoms with Crippen molar-refractivity contribution in [2.75, 3.05) is 65.7 Å². The standard InChI is InChI=1S/C28H43N3O6S/c1-3-5-18-37-27(35)22-21-9-10-28(38-21)23(22)25(33)31(12-7-6-8-17-32)24(28)26(34)30(11-4-2)14-13-29-15-19-36-20-16-29/h3-4,21-24,32H,1-2,5-20H2/t21-,22+,23-,24?,28?/m0/s1. The van der Waals surface area contributed by atoms with Crippen molar-refractivity contribution < 1.29 is 29.0 Å². The predicted octanol–water partition coefficient (Wildman–Crippen LogP) is 1.71. The smallest absolute Gasteiger partial charge is 0.310 e. The number of likely N-dealkylation sites (tertiary alicyclic amines) is 1. The minimum atomic E-state index is -0.615. The van der Waals surface area contributed by atoms with Crippen molar-refractivity contribution >= 4 is 29.5 Å². The largest absolute Gasteiger partial charge is 0.465 e. The lowest BCUT2D eigenvalue weighted by Crippen LogP contribution is -2.56. The molecule has 4 aliphatic heterocycles. The third-order valence-electron chi connectivity index (χ3n) is 8.38. The van der Waals surface area contributed by atoms with E-state index < -0.39 is 22.6 Å². The van der Waals surface area contributed by atoms with E-state index in [0.717, 1.165) is 38.9 Å². The second-order valence-electron chi connectivity index (χ2n) is 10.6. The summed E-state index contributed by atoms with van der Waals surface area (Å²) in [7, 11) is 0. The Kier molecular flexibility index (Phi) is 10.3. The lowest BCUT2D eigenvalue weighted by atomic mass is 9.71. The van der Waals surface area contributed by atoms with Gasteiger partial charge < -0.3 is 24.4 Å². The van der Waals surface area contributed by atoms with Gasteiger partial charge in [0.15, 0.2) is 0 Å². The predicted molar refractivity (Wildman–Crippen MR) is 147 cm³/mol. The van der Waals surface area contributed by atoms with Crippen LogP contribution >= 0.6 is 11.8 Å². The van der Waals surface area contributed by atoms with Crippen LogP contribution in [0.4, 0.5) is 0 Å². The van der Waals surface area contributed by atoms with Crippen molar-refractivity contribution in [1.29, 1.82) is 0 Å². The molecule has 4 heterocycles. The van der Waals surface area contributed by atoms with Crippen LogP contribution in [0.15, 0.2) is 25.3 Å². The van der Waals surface area contributed by atoms with Gasteiger partial charge in [0.2, 0.25) is 11.8 Å². The number of aliphatic hydroxyl groups is 1. The summed E-state index contributed by atoms with van der Waals surface area (Å²) in [5, 5.41) is 9.22. The first-order valence-corrected chi connectivity index (χ1v) is 14.9. The van der Waals surface area contributed by atoms with Crippen LogP contribution in [0.25, 0.3) is 0 Å². The molecule has 38 heavy (non-hydrogen) atoms. The van der Waals surface area contributed by atoms with Gasteiger partial charge in [-0.3, -0.25) is 19.3 Å². The number of ether oxygens (including phenoxy) is 2. The van der Waals surface area contributed by atoms with Crippen LogP contribution in [0, 0.1) is 11.8 Å². The highest BCUT2D eigenvalue weighted by atomic mass is 32.2. The van der Waals surface area contributed by atoms with Crippen LogP contribution in [0.1, 0.15) is 38.5 Å². The summed E-state index contributed by atoms with van der Waals surface area (Å²) in [4.78, 5) is 47.4. The van der Waals surface area contributed by atoms with Gasteiger partial charge in [-0.15, -0.1) is 24.9 Å². The van der Waals surface area contributed by atoms with Gasteiger partial charge in [-0.2, -0.15) is 0 Å². The Labute approximate surface area is 230 Å². The Morgan fingerprint density at radius 1 is 1.18 bits per heavy atom. The molecule has 212 valence electrons. The SMILES string of the molecule is C=CCCOC(=O)[C@@H]1[C@@H]2CCC3(S2)C(C(=O)N(CC=C)CCN2CCOCC2)N(CCCCCO)C(=O)[C@H]13. The number of esters is 1. The number of hydrogen-bond donors (Lipinski definition) is 1. The number of amides is 2. The summed E-state index contributed by atoms with van der Waals surface area (Å²) >= 11 is 1.67. The summed E-state index contributed by atoms with van der Waals surface area (Å²) in [6, 6.07) is -0.611. The van der Waals surface area contributed by atoms with Crippen LogP contribution < -0.4 is 0 Å². The van der Waals surface area contributed by atoms with E-state index >= 15 is 0 Å². The van der Waals surface area contributed by atoms with E-state index in [4.69, 9.17) is 9.47 Å². The molecule has 1 N–H and O–H groups in total. The number of nitrogens with zero attached hydrogens (tertiary/aromatic N) is 3. The molecule has 0 radical (unpaired) electrons. The Bertz CT molecular complexity index is 881. The average Bonchev–Trinajstić information content (AvgIpc) is 3.57. The van der Waals surface area contributed by atoms with Crippen LogP contribution in [0.3, 0.4) is 0 Å². The maximum atomic E-state index is 14.3. The molecule has 10 heteroatoms. The third-order valence-corrected chi connectivity index (χ3v) is 10.3. The molecular formula is C28H43N3O6S. The van der Waals surface area contributed by atoms with Gasteiger partial charge in [0, 0.05) is 51.1 Å². The van der Waals surface area contributed by atoms with Gasteiger partial charge in [0.05, 0.1) is 36.4 Å². The van der Waals surface area contributed by atoms with Gasteiger partial charge in [-0.25, -0.2) is 0 Å². The Hall–Kier alpha value is -1.88. The second kappa shape index (κ2) is 13.5. The van der Waals surface area contributed by atoms with Crippen LogP contribution in [0.2, 0.25) is 0 Å². The number of carbonyl (C=O) groups excluding carboxylic acids is 3. The minimum Gasteiger partial charge on any atom is -0.465 e. The lowest BCUT2D eigenvalue weighted by Gasteiger charge is -2.38. The molecule has 0 aromatic carbocycles. The summed E-state index contributed by atoms with van der Waals surface area (Å²) in [5.74, 6) is -1.54. The van der Waals surface area contributed by atoms with E-state index in [2.05, 4.69) is 18.1 Å². The molecule has 2 unspecified atom stereocenters. The molecule has 2 amide bonds. The third kappa shape index (κ3) is 5.83. The molecule has 0 aliphatic carbocycles. The fourth-order valence-corrected chi connectivity index (χ4v) is 8.76. The molecular weight excluding hydrogens is 506 g/mol. The number of aliphatic hydroxyl groups excluding tert-OH is 1. The molecule has 2 bridgehead atoms. The number of fused-ring (bicyclic) bond motifs is 1. The summed E-state index contributed by atoms with van der Waals surface area (Å²) in [5.41, 5.74) is 0. The highest BCUT2D eigenvalue weighted by Gasteiger charge is 2.74. The number of unbranched alkanes of at least 4 members (excludes halogenated alkanes) is 2. The molecule has 9 nitrogen and oxygen atoms in total. The first-order valence-electron chi connectivity index (χ1n) is 14.0. The van der Waals surface area contributed by atoms with Crippen molar-refractivity contribution in [2.24, 2.45) is 11.8 Å². The molecule has 1 spiro atoms. The Morgan fingerprint density at radius 3 is 2.68 bits per heavy atom. The zero-order valence-corrected chi connectivity index (χ0v) is 23.2. The quantitative estimate of drug-likeness (QED) is 0.187. The second-order valence-corrected chi connectivity index (χ2v) is 12.2. The summed E-state index contributed by atoms with van der Waals surface area (Å²) < 4.78 is 10.4. The summed E-state index contributed by atoms with van der Waals surface area (Å²) in [6.45, 7) is 13.2. The molecule has 5 atom stereocenters. The molecule has 4 aliphatic rings. The normalized spacial score (nSPS) is 30.3. The van der Waals surface area contributed by atoms with E-state index in [9.17, 15) is 19.5 Å². The van der Waals surface area contributed by atoms with Crippen molar-refractivity contribution in [3.8, 4) is 0 Å². The lowest BCUT2D eigenvalue weighted by molar-refractivity contribution is -0.154. The average molecular weight is 550 g/mol. The van der Waals surface area contributed by atoms with Gasteiger partial charge in [-0.05, 0) is 38.5 Å². The molecule has 0 aromatic rings. The van der Waals surface area contributed by atoms with E-state index in [1.54, 1.807) is 28.8 Å². The summed E-state index contributed by atoms with van der Waals surface area (Å²) in [6.07, 6.45) is 7.69.